The predicted octanol–water partition coefficient (Wildman–Crippen LogP) is 5.88. The van der Waals surface area contributed by atoms with E-state index in [2.05, 4.69) is 44.2 Å². The highest BCUT2D eigenvalue weighted by Gasteiger charge is 2.15. The van der Waals surface area contributed by atoms with E-state index in [9.17, 15) is 0 Å². The molecular formula is C21H18O2. The standard InChI is InChI=1S/C21H18O2/c1-13-7-6-9-15(14(13)2)17-11-18-16-8-4-5-10-19(16)23-21(18)12-20(17)22-3/h4-12H,1-3H3. The summed E-state index contributed by atoms with van der Waals surface area (Å²) >= 11 is 0. The number of ether oxygens (including phenoxy) is 1. The minimum Gasteiger partial charge on any atom is -0.496 e. The largest absolute Gasteiger partial charge is 0.496 e. The highest BCUT2D eigenvalue weighted by Crippen LogP contribution is 2.39. The van der Waals surface area contributed by atoms with Gasteiger partial charge in [0.05, 0.1) is 7.11 Å². The highest BCUT2D eigenvalue weighted by atomic mass is 16.5. The molecule has 1 heterocycles. The Hall–Kier alpha value is -2.74. The molecule has 4 aromatic rings. The molecule has 0 radical (unpaired) electrons. The minimum atomic E-state index is 0.838. The molecule has 4 rings (SSSR count). The van der Waals surface area contributed by atoms with E-state index < -0.39 is 0 Å². The van der Waals surface area contributed by atoms with Gasteiger partial charge in [-0.05, 0) is 42.7 Å². The van der Waals surface area contributed by atoms with Crippen molar-refractivity contribution in [3.63, 3.8) is 0 Å². The Morgan fingerprint density at radius 1 is 0.783 bits per heavy atom. The van der Waals surface area contributed by atoms with Crippen LogP contribution >= 0.6 is 0 Å². The molecule has 0 aliphatic carbocycles. The summed E-state index contributed by atoms with van der Waals surface area (Å²) < 4.78 is 11.6. The lowest BCUT2D eigenvalue weighted by molar-refractivity contribution is 0.416. The molecule has 2 nitrogen and oxygen atoms in total. The topological polar surface area (TPSA) is 22.4 Å². The summed E-state index contributed by atoms with van der Waals surface area (Å²) in [6.07, 6.45) is 0. The molecule has 2 heteroatoms. The number of furan rings is 1. The lowest BCUT2D eigenvalue weighted by atomic mass is 9.95. The van der Waals surface area contributed by atoms with Gasteiger partial charge < -0.3 is 9.15 Å². The van der Waals surface area contributed by atoms with Crippen molar-refractivity contribution < 1.29 is 9.15 Å². The molecule has 3 aromatic carbocycles. The van der Waals surface area contributed by atoms with E-state index in [1.807, 2.05) is 24.3 Å². The normalized spacial score (nSPS) is 11.3. The maximum Gasteiger partial charge on any atom is 0.139 e. The molecule has 0 atom stereocenters. The second kappa shape index (κ2) is 5.17. The smallest absolute Gasteiger partial charge is 0.139 e. The first kappa shape index (κ1) is 13.9. The fraction of sp³-hybridized carbons (Fsp3) is 0.143. The van der Waals surface area contributed by atoms with Crippen molar-refractivity contribution in [2.24, 2.45) is 0 Å². The molecule has 0 amide bonds. The van der Waals surface area contributed by atoms with Gasteiger partial charge in [-0.25, -0.2) is 0 Å². The average molecular weight is 302 g/mol. The lowest BCUT2D eigenvalue weighted by Crippen LogP contribution is -1.91. The summed E-state index contributed by atoms with van der Waals surface area (Å²) in [4.78, 5) is 0. The van der Waals surface area contributed by atoms with E-state index in [0.29, 0.717) is 0 Å². The molecule has 0 spiro atoms. The molecule has 0 unspecified atom stereocenters. The summed E-state index contributed by atoms with van der Waals surface area (Å²) in [5, 5.41) is 2.26. The van der Waals surface area contributed by atoms with Gasteiger partial charge >= 0.3 is 0 Å². The van der Waals surface area contributed by atoms with Gasteiger partial charge in [0.25, 0.3) is 0 Å². The summed E-state index contributed by atoms with van der Waals surface area (Å²) in [6, 6.07) is 18.7. The molecule has 0 bridgehead atoms. The summed E-state index contributed by atoms with van der Waals surface area (Å²) in [6.45, 7) is 4.29. The van der Waals surface area contributed by atoms with Crippen LogP contribution in [0.3, 0.4) is 0 Å². The Kier molecular flexibility index (Phi) is 3.12. The lowest BCUT2D eigenvalue weighted by Gasteiger charge is -2.13. The molecule has 23 heavy (non-hydrogen) atoms. The Bertz CT molecular complexity index is 1020. The van der Waals surface area contributed by atoms with Crippen LogP contribution in [0.25, 0.3) is 33.1 Å². The van der Waals surface area contributed by atoms with Crippen molar-refractivity contribution in [3.05, 3.63) is 65.7 Å². The zero-order valence-electron chi connectivity index (χ0n) is 13.5. The van der Waals surface area contributed by atoms with Gasteiger partial charge in [-0.1, -0.05) is 36.4 Å². The number of hydrogen-bond acceptors (Lipinski definition) is 2. The van der Waals surface area contributed by atoms with Crippen LogP contribution in [0.5, 0.6) is 5.75 Å². The molecule has 0 saturated heterocycles. The van der Waals surface area contributed by atoms with Crippen LogP contribution in [0.15, 0.2) is 59.0 Å². The van der Waals surface area contributed by atoms with Gasteiger partial charge in [-0.3, -0.25) is 0 Å². The van der Waals surface area contributed by atoms with Crippen molar-refractivity contribution in [3.8, 4) is 16.9 Å². The third-order valence-corrected chi connectivity index (χ3v) is 4.59. The zero-order valence-corrected chi connectivity index (χ0v) is 13.5. The average Bonchev–Trinajstić information content (AvgIpc) is 2.94. The zero-order chi connectivity index (χ0) is 16.0. The SMILES string of the molecule is COc1cc2oc3ccccc3c2cc1-c1cccc(C)c1C. The fourth-order valence-corrected chi connectivity index (χ4v) is 3.17. The number of hydrogen-bond donors (Lipinski definition) is 0. The Labute approximate surface area is 135 Å². The minimum absolute atomic E-state index is 0.838. The van der Waals surface area contributed by atoms with Crippen molar-refractivity contribution in [1.29, 1.82) is 0 Å². The van der Waals surface area contributed by atoms with Crippen molar-refractivity contribution in [2.75, 3.05) is 7.11 Å². The van der Waals surface area contributed by atoms with E-state index >= 15 is 0 Å². The van der Waals surface area contributed by atoms with Crippen molar-refractivity contribution in [2.45, 2.75) is 13.8 Å². The molecule has 114 valence electrons. The van der Waals surface area contributed by atoms with Gasteiger partial charge in [-0.2, -0.15) is 0 Å². The van der Waals surface area contributed by atoms with E-state index in [0.717, 1.165) is 33.3 Å². The second-order valence-corrected chi connectivity index (χ2v) is 5.89. The monoisotopic (exact) mass is 302 g/mol. The van der Waals surface area contributed by atoms with Crippen LogP contribution in [0.2, 0.25) is 0 Å². The first-order valence-electron chi connectivity index (χ1n) is 7.75. The molecule has 0 fully saturated rings. The van der Waals surface area contributed by atoms with Gasteiger partial charge in [0.2, 0.25) is 0 Å². The first-order valence-corrected chi connectivity index (χ1v) is 7.75. The first-order chi connectivity index (χ1) is 11.2. The quantitative estimate of drug-likeness (QED) is 0.461. The summed E-state index contributed by atoms with van der Waals surface area (Å²) in [5.74, 6) is 0.838. The number of para-hydroxylation sites is 1. The number of aryl methyl sites for hydroxylation is 1. The fourth-order valence-electron chi connectivity index (χ4n) is 3.17. The number of benzene rings is 3. The van der Waals surface area contributed by atoms with Crippen molar-refractivity contribution >= 4 is 21.9 Å². The number of rotatable bonds is 2. The number of fused-ring (bicyclic) bond motifs is 3. The van der Waals surface area contributed by atoms with E-state index in [1.54, 1.807) is 7.11 Å². The van der Waals surface area contributed by atoms with E-state index in [-0.39, 0.29) is 0 Å². The summed E-state index contributed by atoms with van der Waals surface area (Å²) in [5.41, 5.74) is 6.63. The maximum atomic E-state index is 5.96. The molecule has 1 aromatic heterocycles. The Balaban J connectivity index is 2.09. The molecule has 0 aliphatic heterocycles. The van der Waals surface area contributed by atoms with Crippen LogP contribution in [-0.4, -0.2) is 7.11 Å². The maximum absolute atomic E-state index is 5.96. The van der Waals surface area contributed by atoms with Gasteiger partial charge in [0.1, 0.15) is 16.9 Å². The summed E-state index contributed by atoms with van der Waals surface area (Å²) in [7, 11) is 1.71. The van der Waals surface area contributed by atoms with Crippen LogP contribution in [-0.2, 0) is 0 Å². The van der Waals surface area contributed by atoms with Crippen LogP contribution in [0, 0.1) is 13.8 Å². The molecular weight excluding hydrogens is 284 g/mol. The van der Waals surface area contributed by atoms with Crippen LogP contribution < -0.4 is 4.74 Å². The van der Waals surface area contributed by atoms with Crippen molar-refractivity contribution in [1.82, 2.24) is 0 Å². The number of methoxy groups -OCH3 is 1. The Morgan fingerprint density at radius 3 is 2.43 bits per heavy atom. The van der Waals surface area contributed by atoms with Gasteiger partial charge in [0, 0.05) is 22.4 Å². The van der Waals surface area contributed by atoms with Crippen LogP contribution in [0.4, 0.5) is 0 Å². The van der Waals surface area contributed by atoms with Gasteiger partial charge in [0.15, 0.2) is 0 Å². The third-order valence-electron chi connectivity index (χ3n) is 4.59. The molecule has 0 aliphatic rings. The van der Waals surface area contributed by atoms with E-state index in [4.69, 9.17) is 9.15 Å². The third kappa shape index (κ3) is 2.10. The van der Waals surface area contributed by atoms with Crippen LogP contribution in [0.1, 0.15) is 11.1 Å². The van der Waals surface area contributed by atoms with Gasteiger partial charge in [-0.15, -0.1) is 0 Å². The Morgan fingerprint density at radius 2 is 1.61 bits per heavy atom. The highest BCUT2D eigenvalue weighted by molar-refractivity contribution is 6.07. The predicted molar refractivity (Wildman–Crippen MR) is 95.2 cm³/mol. The second-order valence-electron chi connectivity index (χ2n) is 5.89. The molecule has 0 N–H and O–H groups in total. The van der Waals surface area contributed by atoms with E-state index in [1.165, 1.54) is 16.7 Å². The molecule has 0 saturated carbocycles.